The van der Waals surface area contributed by atoms with Crippen LogP contribution in [0.3, 0.4) is 0 Å². The topological polar surface area (TPSA) is 72.7 Å². The molecular weight excluding hydrogens is 250 g/mol. The Hall–Kier alpha value is -1.63. The summed E-state index contributed by atoms with van der Waals surface area (Å²) in [5, 5.41) is 8.79. The number of carbonyl (C=O) groups is 1. The molecule has 2 aromatic heterocycles. The molecule has 1 fully saturated rings. The highest BCUT2D eigenvalue weighted by Gasteiger charge is 2.23. The van der Waals surface area contributed by atoms with E-state index in [9.17, 15) is 4.79 Å². The molecule has 0 atom stereocenters. The number of nitrogens with one attached hydrogen (secondary N) is 1. The average molecular weight is 263 g/mol. The van der Waals surface area contributed by atoms with Gasteiger partial charge in [0.2, 0.25) is 5.91 Å². The van der Waals surface area contributed by atoms with Crippen LogP contribution in [0.5, 0.6) is 0 Å². The summed E-state index contributed by atoms with van der Waals surface area (Å²) in [7, 11) is 1.84. The number of nitrogens with zero attached hydrogens (tertiary/aromatic N) is 4. The van der Waals surface area contributed by atoms with Gasteiger partial charge in [0.1, 0.15) is 11.4 Å². The summed E-state index contributed by atoms with van der Waals surface area (Å²) in [4.78, 5) is 20.0. The molecule has 0 unspecified atom stereocenters. The Morgan fingerprint density at radius 2 is 2.39 bits per heavy atom. The van der Waals surface area contributed by atoms with Gasteiger partial charge in [0.15, 0.2) is 5.65 Å². The molecule has 3 rings (SSSR count). The zero-order valence-corrected chi connectivity index (χ0v) is 10.8. The summed E-state index contributed by atoms with van der Waals surface area (Å²) in [6.07, 6.45) is 5.45. The van der Waals surface area contributed by atoms with Crippen LogP contribution < -0.4 is 5.32 Å². The molecule has 0 bridgehead atoms. The van der Waals surface area contributed by atoms with Crippen molar-refractivity contribution in [3.8, 4) is 0 Å². The molecule has 1 N–H and O–H groups in total. The SMILES string of the molecule is Cn1ncc2c(SCC(=O)NC3CC3)ncnc21. The van der Waals surface area contributed by atoms with E-state index in [1.54, 1.807) is 10.9 Å². The first-order chi connectivity index (χ1) is 8.74. The molecule has 94 valence electrons. The minimum atomic E-state index is 0.0677. The summed E-state index contributed by atoms with van der Waals surface area (Å²) >= 11 is 1.42. The van der Waals surface area contributed by atoms with Gasteiger partial charge in [-0.3, -0.25) is 9.48 Å². The molecule has 2 heterocycles. The highest BCUT2D eigenvalue weighted by atomic mass is 32.2. The summed E-state index contributed by atoms with van der Waals surface area (Å²) < 4.78 is 1.70. The smallest absolute Gasteiger partial charge is 0.230 e. The monoisotopic (exact) mass is 263 g/mol. The number of carbonyl (C=O) groups excluding carboxylic acids is 1. The molecule has 0 saturated heterocycles. The summed E-state index contributed by atoms with van der Waals surface area (Å²) in [6, 6.07) is 0.405. The summed E-state index contributed by atoms with van der Waals surface area (Å²) in [6.45, 7) is 0. The minimum absolute atomic E-state index is 0.0677. The largest absolute Gasteiger partial charge is 0.353 e. The number of aryl methyl sites for hydroxylation is 1. The van der Waals surface area contributed by atoms with E-state index in [-0.39, 0.29) is 5.91 Å². The van der Waals surface area contributed by atoms with E-state index in [0.717, 1.165) is 28.9 Å². The Morgan fingerprint density at radius 3 is 3.17 bits per heavy atom. The van der Waals surface area contributed by atoms with Crippen LogP contribution in [0.15, 0.2) is 17.6 Å². The molecular formula is C11H13N5OS. The van der Waals surface area contributed by atoms with Gasteiger partial charge in [-0.1, -0.05) is 11.8 Å². The van der Waals surface area contributed by atoms with Crippen molar-refractivity contribution in [2.45, 2.75) is 23.9 Å². The van der Waals surface area contributed by atoms with E-state index in [1.807, 2.05) is 7.05 Å². The molecule has 0 spiro atoms. The van der Waals surface area contributed by atoms with Gasteiger partial charge < -0.3 is 5.32 Å². The van der Waals surface area contributed by atoms with E-state index in [1.165, 1.54) is 18.1 Å². The number of hydrogen-bond acceptors (Lipinski definition) is 5. The number of amides is 1. The maximum atomic E-state index is 11.6. The molecule has 18 heavy (non-hydrogen) atoms. The quantitative estimate of drug-likeness (QED) is 0.650. The van der Waals surface area contributed by atoms with Crippen LogP contribution in [-0.2, 0) is 11.8 Å². The van der Waals surface area contributed by atoms with E-state index in [4.69, 9.17) is 0 Å². The highest BCUT2D eigenvalue weighted by molar-refractivity contribution is 8.00. The van der Waals surface area contributed by atoms with Crippen molar-refractivity contribution in [3.05, 3.63) is 12.5 Å². The Morgan fingerprint density at radius 1 is 1.56 bits per heavy atom. The Bertz CT molecular complexity index is 592. The zero-order chi connectivity index (χ0) is 12.5. The molecule has 1 saturated carbocycles. The van der Waals surface area contributed by atoms with Gasteiger partial charge >= 0.3 is 0 Å². The third-order valence-electron chi connectivity index (χ3n) is 2.78. The fraction of sp³-hybridized carbons (Fsp3) is 0.455. The molecule has 1 aliphatic carbocycles. The number of thioether (sulfide) groups is 1. The number of aromatic nitrogens is 4. The molecule has 2 aromatic rings. The zero-order valence-electron chi connectivity index (χ0n) is 9.96. The summed E-state index contributed by atoms with van der Waals surface area (Å²) in [5.74, 6) is 0.454. The van der Waals surface area contributed by atoms with E-state index in [2.05, 4.69) is 20.4 Å². The number of rotatable bonds is 4. The molecule has 7 heteroatoms. The lowest BCUT2D eigenvalue weighted by Crippen LogP contribution is -2.27. The second kappa shape index (κ2) is 4.56. The third-order valence-corrected chi connectivity index (χ3v) is 3.78. The normalized spacial score (nSPS) is 14.9. The second-order valence-electron chi connectivity index (χ2n) is 4.31. The molecule has 0 aliphatic heterocycles. The van der Waals surface area contributed by atoms with Crippen molar-refractivity contribution in [1.82, 2.24) is 25.1 Å². The lowest BCUT2D eigenvalue weighted by atomic mass is 10.4. The van der Waals surface area contributed by atoms with Gasteiger partial charge in [0, 0.05) is 13.1 Å². The number of fused-ring (bicyclic) bond motifs is 1. The van der Waals surface area contributed by atoms with Crippen molar-refractivity contribution < 1.29 is 4.79 Å². The lowest BCUT2D eigenvalue weighted by Gasteiger charge is -2.03. The predicted molar refractivity (Wildman–Crippen MR) is 68.2 cm³/mol. The van der Waals surface area contributed by atoms with Crippen LogP contribution in [0.2, 0.25) is 0 Å². The van der Waals surface area contributed by atoms with Crippen molar-refractivity contribution in [3.63, 3.8) is 0 Å². The number of hydrogen-bond donors (Lipinski definition) is 1. The first-order valence-corrected chi connectivity index (χ1v) is 6.77. The van der Waals surface area contributed by atoms with Crippen molar-refractivity contribution in [2.24, 2.45) is 7.05 Å². The summed E-state index contributed by atoms with van der Waals surface area (Å²) in [5.41, 5.74) is 0.787. The molecule has 1 aliphatic rings. The van der Waals surface area contributed by atoms with Crippen LogP contribution in [0, 0.1) is 0 Å². The average Bonchev–Trinajstić information content (AvgIpc) is 3.10. The Labute approximate surface area is 108 Å². The van der Waals surface area contributed by atoms with Gasteiger partial charge in [-0.15, -0.1) is 0 Å². The van der Waals surface area contributed by atoms with Crippen LogP contribution >= 0.6 is 11.8 Å². The van der Waals surface area contributed by atoms with Gasteiger partial charge in [0.05, 0.1) is 17.3 Å². The van der Waals surface area contributed by atoms with Gasteiger partial charge in [-0.05, 0) is 12.8 Å². The van der Waals surface area contributed by atoms with Crippen LogP contribution in [0.1, 0.15) is 12.8 Å². The van der Waals surface area contributed by atoms with Crippen molar-refractivity contribution in [1.29, 1.82) is 0 Å². The van der Waals surface area contributed by atoms with E-state index >= 15 is 0 Å². The van der Waals surface area contributed by atoms with Gasteiger partial charge in [0.25, 0.3) is 0 Å². The highest BCUT2D eigenvalue weighted by Crippen LogP contribution is 2.24. The fourth-order valence-electron chi connectivity index (χ4n) is 1.69. The molecule has 0 aromatic carbocycles. The Kier molecular flexibility index (Phi) is 2.91. The predicted octanol–water partition coefficient (Wildman–Crippen LogP) is 0.734. The van der Waals surface area contributed by atoms with E-state index in [0.29, 0.717) is 11.8 Å². The first kappa shape index (κ1) is 11.5. The van der Waals surface area contributed by atoms with Crippen molar-refractivity contribution in [2.75, 3.05) is 5.75 Å². The van der Waals surface area contributed by atoms with E-state index < -0.39 is 0 Å². The Balaban J connectivity index is 1.71. The van der Waals surface area contributed by atoms with Crippen LogP contribution in [-0.4, -0.2) is 37.5 Å². The van der Waals surface area contributed by atoms with Gasteiger partial charge in [-0.25, -0.2) is 9.97 Å². The first-order valence-electron chi connectivity index (χ1n) is 5.79. The molecule has 1 amide bonds. The fourth-order valence-corrected chi connectivity index (χ4v) is 2.46. The maximum absolute atomic E-state index is 11.6. The van der Waals surface area contributed by atoms with Gasteiger partial charge in [-0.2, -0.15) is 5.10 Å². The molecule has 6 nitrogen and oxygen atoms in total. The van der Waals surface area contributed by atoms with Crippen LogP contribution in [0.25, 0.3) is 11.0 Å². The van der Waals surface area contributed by atoms with Crippen molar-refractivity contribution >= 4 is 28.7 Å². The molecule has 0 radical (unpaired) electrons. The van der Waals surface area contributed by atoms with Crippen LogP contribution in [0.4, 0.5) is 0 Å². The standard InChI is InChI=1S/C11H13N5OS/c1-16-10-8(4-14-16)11(13-6-12-10)18-5-9(17)15-7-2-3-7/h4,6-7H,2-3,5H2,1H3,(H,15,17). The minimum Gasteiger partial charge on any atom is -0.353 e. The second-order valence-corrected chi connectivity index (χ2v) is 5.28. The third kappa shape index (κ3) is 2.31. The lowest BCUT2D eigenvalue weighted by molar-refractivity contribution is -0.118. The maximum Gasteiger partial charge on any atom is 0.230 e.